The molecule has 0 saturated heterocycles. The third-order valence-corrected chi connectivity index (χ3v) is 2.06. The van der Waals surface area contributed by atoms with Crippen LogP contribution in [0.3, 0.4) is 0 Å². The van der Waals surface area contributed by atoms with E-state index in [-0.39, 0.29) is 12.7 Å². The highest BCUT2D eigenvalue weighted by Gasteiger charge is 1.94. The molecule has 0 bridgehead atoms. The van der Waals surface area contributed by atoms with E-state index in [9.17, 15) is 5.11 Å². The maximum absolute atomic E-state index is 9.31. The van der Waals surface area contributed by atoms with Crippen LogP contribution in [0.5, 0.6) is 0 Å². The molecule has 1 aromatic rings. The molecule has 14 heavy (non-hydrogen) atoms. The second kappa shape index (κ2) is 5.58. The highest BCUT2D eigenvalue weighted by molar-refractivity contribution is 5.50. The highest BCUT2D eigenvalue weighted by atomic mass is 16.3. The van der Waals surface area contributed by atoms with Crippen LogP contribution in [0.2, 0.25) is 0 Å². The first-order valence-electron chi connectivity index (χ1n) is 4.82. The van der Waals surface area contributed by atoms with E-state index in [1.54, 1.807) is 6.08 Å². The van der Waals surface area contributed by atoms with E-state index < -0.39 is 0 Å². The van der Waals surface area contributed by atoms with Crippen LogP contribution in [0.4, 0.5) is 0 Å². The van der Waals surface area contributed by atoms with Crippen LogP contribution in [0.25, 0.3) is 6.08 Å². The third kappa shape index (κ3) is 3.32. The predicted octanol–water partition coefficient (Wildman–Crippen LogP) is 1.96. The Morgan fingerprint density at radius 2 is 2.21 bits per heavy atom. The second-order valence-corrected chi connectivity index (χ2v) is 3.24. The maximum Gasteiger partial charge on any atom is 0.0721 e. The first-order valence-corrected chi connectivity index (χ1v) is 4.82. The Balaban J connectivity index is 2.71. The monoisotopic (exact) mass is 192 g/mol. The molecule has 76 valence electrons. The van der Waals surface area contributed by atoms with Gasteiger partial charge < -0.3 is 10.2 Å². The van der Waals surface area contributed by atoms with Gasteiger partial charge in [0, 0.05) is 0 Å². The molecule has 0 fully saturated rings. The average Bonchev–Trinajstić information content (AvgIpc) is 2.26. The van der Waals surface area contributed by atoms with Gasteiger partial charge in [-0.05, 0) is 23.6 Å². The molecule has 2 N–H and O–H groups in total. The standard InChI is InChI=1S/C12H16O2/c1-2-12(14)7-6-10-4-3-5-11(8-10)9-13/h3-8,12-14H,2,9H2,1H3/b7-6+. The lowest BCUT2D eigenvalue weighted by Gasteiger charge is -2.00. The first kappa shape index (κ1) is 11.0. The van der Waals surface area contributed by atoms with Crippen molar-refractivity contribution in [1.82, 2.24) is 0 Å². The van der Waals surface area contributed by atoms with Crippen molar-refractivity contribution in [3.63, 3.8) is 0 Å². The van der Waals surface area contributed by atoms with Gasteiger partial charge in [-0.2, -0.15) is 0 Å². The molecule has 0 saturated carbocycles. The molecule has 0 spiro atoms. The molecular weight excluding hydrogens is 176 g/mol. The van der Waals surface area contributed by atoms with Crippen molar-refractivity contribution in [3.05, 3.63) is 41.5 Å². The molecule has 1 aromatic carbocycles. The summed E-state index contributed by atoms with van der Waals surface area (Å²) >= 11 is 0. The minimum atomic E-state index is -0.382. The maximum atomic E-state index is 9.31. The molecule has 0 aliphatic heterocycles. The van der Waals surface area contributed by atoms with E-state index >= 15 is 0 Å². The van der Waals surface area contributed by atoms with Gasteiger partial charge >= 0.3 is 0 Å². The fraction of sp³-hybridized carbons (Fsp3) is 0.333. The van der Waals surface area contributed by atoms with Crippen LogP contribution in [-0.2, 0) is 6.61 Å². The molecule has 2 heteroatoms. The summed E-state index contributed by atoms with van der Waals surface area (Å²) in [7, 11) is 0. The summed E-state index contributed by atoms with van der Waals surface area (Å²) < 4.78 is 0. The van der Waals surface area contributed by atoms with Gasteiger partial charge in [0.1, 0.15) is 0 Å². The van der Waals surface area contributed by atoms with E-state index in [2.05, 4.69) is 0 Å². The molecule has 1 rings (SSSR count). The van der Waals surface area contributed by atoms with Gasteiger partial charge in [0.25, 0.3) is 0 Å². The summed E-state index contributed by atoms with van der Waals surface area (Å²) in [6.07, 6.45) is 3.97. The SMILES string of the molecule is CCC(O)/C=C/c1cccc(CO)c1. The summed E-state index contributed by atoms with van der Waals surface area (Å²) in [6.45, 7) is 1.98. The van der Waals surface area contributed by atoms with E-state index in [1.807, 2.05) is 37.3 Å². The zero-order chi connectivity index (χ0) is 10.4. The number of rotatable bonds is 4. The summed E-state index contributed by atoms with van der Waals surface area (Å²) in [5.41, 5.74) is 1.89. The first-order chi connectivity index (χ1) is 6.76. The topological polar surface area (TPSA) is 40.5 Å². The second-order valence-electron chi connectivity index (χ2n) is 3.24. The molecule has 0 aromatic heterocycles. The van der Waals surface area contributed by atoms with Gasteiger partial charge in [-0.15, -0.1) is 0 Å². The molecule has 0 amide bonds. The Bertz CT molecular complexity index is 305. The Morgan fingerprint density at radius 1 is 1.43 bits per heavy atom. The number of aliphatic hydroxyl groups excluding tert-OH is 2. The smallest absolute Gasteiger partial charge is 0.0721 e. The summed E-state index contributed by atoms with van der Waals surface area (Å²) in [5, 5.41) is 18.2. The number of hydrogen-bond donors (Lipinski definition) is 2. The molecule has 0 heterocycles. The van der Waals surface area contributed by atoms with Crippen LogP contribution < -0.4 is 0 Å². The van der Waals surface area contributed by atoms with Crippen LogP contribution >= 0.6 is 0 Å². The van der Waals surface area contributed by atoms with Crippen molar-refractivity contribution in [3.8, 4) is 0 Å². The van der Waals surface area contributed by atoms with Crippen molar-refractivity contribution >= 4 is 6.08 Å². The normalized spacial score (nSPS) is 13.4. The number of hydrogen-bond acceptors (Lipinski definition) is 2. The lowest BCUT2D eigenvalue weighted by Crippen LogP contribution is -1.97. The van der Waals surface area contributed by atoms with Gasteiger partial charge in [-0.3, -0.25) is 0 Å². The molecule has 1 unspecified atom stereocenters. The van der Waals surface area contributed by atoms with Crippen molar-refractivity contribution < 1.29 is 10.2 Å². The zero-order valence-corrected chi connectivity index (χ0v) is 8.35. The van der Waals surface area contributed by atoms with Crippen molar-refractivity contribution in [2.45, 2.75) is 26.1 Å². The van der Waals surface area contributed by atoms with Crippen molar-refractivity contribution in [1.29, 1.82) is 0 Å². The lowest BCUT2D eigenvalue weighted by molar-refractivity contribution is 0.220. The largest absolute Gasteiger partial charge is 0.392 e. The Labute approximate surface area is 84.5 Å². The molecule has 0 aliphatic carbocycles. The number of aliphatic hydroxyl groups is 2. The summed E-state index contributed by atoms with van der Waals surface area (Å²) in [4.78, 5) is 0. The minimum Gasteiger partial charge on any atom is -0.392 e. The summed E-state index contributed by atoms with van der Waals surface area (Å²) in [5.74, 6) is 0. The average molecular weight is 192 g/mol. The Kier molecular flexibility index (Phi) is 4.36. The summed E-state index contributed by atoms with van der Waals surface area (Å²) in [6, 6.07) is 7.61. The van der Waals surface area contributed by atoms with E-state index in [4.69, 9.17) is 5.11 Å². The van der Waals surface area contributed by atoms with Crippen LogP contribution in [0, 0.1) is 0 Å². The van der Waals surface area contributed by atoms with E-state index in [1.165, 1.54) is 0 Å². The molecule has 1 atom stereocenters. The molecule has 0 radical (unpaired) electrons. The van der Waals surface area contributed by atoms with E-state index in [0.717, 1.165) is 17.5 Å². The number of benzene rings is 1. The van der Waals surface area contributed by atoms with Crippen molar-refractivity contribution in [2.24, 2.45) is 0 Å². The highest BCUT2D eigenvalue weighted by Crippen LogP contribution is 2.08. The predicted molar refractivity (Wildman–Crippen MR) is 57.7 cm³/mol. The molecular formula is C12H16O2. The Morgan fingerprint density at radius 3 is 2.86 bits per heavy atom. The fourth-order valence-corrected chi connectivity index (χ4v) is 1.15. The lowest BCUT2D eigenvalue weighted by atomic mass is 10.1. The molecule has 0 aliphatic rings. The quantitative estimate of drug-likeness (QED) is 0.765. The van der Waals surface area contributed by atoms with Crippen LogP contribution in [0.15, 0.2) is 30.3 Å². The van der Waals surface area contributed by atoms with Crippen LogP contribution in [-0.4, -0.2) is 16.3 Å². The van der Waals surface area contributed by atoms with Gasteiger partial charge in [0.15, 0.2) is 0 Å². The van der Waals surface area contributed by atoms with Gasteiger partial charge in [-0.1, -0.05) is 37.3 Å². The zero-order valence-electron chi connectivity index (χ0n) is 8.35. The minimum absolute atomic E-state index is 0.0536. The molecule has 2 nitrogen and oxygen atoms in total. The van der Waals surface area contributed by atoms with Gasteiger partial charge in [-0.25, -0.2) is 0 Å². The van der Waals surface area contributed by atoms with Gasteiger partial charge in [0.05, 0.1) is 12.7 Å². The third-order valence-electron chi connectivity index (χ3n) is 2.06. The van der Waals surface area contributed by atoms with Gasteiger partial charge in [0.2, 0.25) is 0 Å². The van der Waals surface area contributed by atoms with Crippen molar-refractivity contribution in [2.75, 3.05) is 0 Å². The Hall–Kier alpha value is -1.12. The fourth-order valence-electron chi connectivity index (χ4n) is 1.15. The van der Waals surface area contributed by atoms with E-state index in [0.29, 0.717) is 0 Å². The van der Waals surface area contributed by atoms with Crippen LogP contribution in [0.1, 0.15) is 24.5 Å².